The molecular weight excluding hydrogens is 677 g/mol. The van der Waals surface area contributed by atoms with E-state index < -0.39 is 22.5 Å². The lowest BCUT2D eigenvalue weighted by atomic mass is 10.2. The molecule has 9 nitrogen and oxygen atoms in total. The molecule has 0 radical (unpaired) electrons. The quantitative estimate of drug-likeness (QED) is 0.176. The Kier molecular flexibility index (Phi) is 8.88. The molecule has 0 amide bonds. The van der Waals surface area contributed by atoms with Crippen molar-refractivity contribution in [1.82, 2.24) is 14.5 Å². The molecule has 0 aliphatic heterocycles. The zero-order valence-corrected chi connectivity index (χ0v) is 26.0. The van der Waals surface area contributed by atoms with Crippen LogP contribution < -0.4 is 10.0 Å². The Morgan fingerprint density at radius 2 is 1.65 bits per heavy atom. The standard InChI is InChI=1S/C21H16Cl2N4O4S.C9H6BrN/c22-14-9-15(23)11-17(10-14)32(30,31)27(12-20(28)29)16-3-4-19-13(8-16)5-7-26(19)21-18(24)2-1-6-25-21;10-9-8-4-2-1-3-7(8)5-6-11-9/h1-11H,12,24H2,(H,28,29);1-6H. The van der Waals surface area contributed by atoms with E-state index in [1.54, 1.807) is 53.5 Å². The highest BCUT2D eigenvalue weighted by Crippen LogP contribution is 2.31. The summed E-state index contributed by atoms with van der Waals surface area (Å²) < 4.78 is 30.1. The fourth-order valence-electron chi connectivity index (χ4n) is 4.41. The number of nitrogens with zero attached hydrogens (tertiary/aromatic N) is 4. The fourth-order valence-corrected chi connectivity index (χ4v) is 7.02. The van der Waals surface area contributed by atoms with Crippen molar-refractivity contribution in [2.24, 2.45) is 0 Å². The van der Waals surface area contributed by atoms with Crippen LogP contribution in [-0.2, 0) is 14.8 Å². The summed E-state index contributed by atoms with van der Waals surface area (Å²) in [6.07, 6.45) is 5.16. The number of sulfonamides is 1. The van der Waals surface area contributed by atoms with E-state index in [2.05, 4.69) is 32.0 Å². The Morgan fingerprint density at radius 1 is 0.907 bits per heavy atom. The van der Waals surface area contributed by atoms with Gasteiger partial charge in [-0.3, -0.25) is 13.7 Å². The number of hydrogen-bond donors (Lipinski definition) is 2. The van der Waals surface area contributed by atoms with Gasteiger partial charge in [-0.1, -0.05) is 47.5 Å². The van der Waals surface area contributed by atoms with Crippen LogP contribution in [0, 0.1) is 0 Å². The van der Waals surface area contributed by atoms with Crippen LogP contribution in [0.3, 0.4) is 0 Å². The van der Waals surface area contributed by atoms with Gasteiger partial charge in [-0.15, -0.1) is 0 Å². The van der Waals surface area contributed by atoms with Crippen molar-refractivity contribution in [3.8, 4) is 5.82 Å². The lowest BCUT2D eigenvalue weighted by Gasteiger charge is -2.23. The van der Waals surface area contributed by atoms with E-state index in [0.717, 1.165) is 19.8 Å². The van der Waals surface area contributed by atoms with Crippen LogP contribution in [0.1, 0.15) is 0 Å². The molecule has 0 bridgehead atoms. The third kappa shape index (κ3) is 6.60. The number of carbonyl (C=O) groups is 1. The maximum absolute atomic E-state index is 13.3. The van der Waals surface area contributed by atoms with Gasteiger partial charge in [0.2, 0.25) is 0 Å². The average Bonchev–Trinajstić information content (AvgIpc) is 3.39. The van der Waals surface area contributed by atoms with E-state index >= 15 is 0 Å². The van der Waals surface area contributed by atoms with Gasteiger partial charge in [0.05, 0.1) is 21.8 Å². The summed E-state index contributed by atoms with van der Waals surface area (Å²) in [7, 11) is -4.27. The van der Waals surface area contributed by atoms with Gasteiger partial charge in [-0.05, 0) is 82.0 Å². The number of hydrogen-bond acceptors (Lipinski definition) is 6. The largest absolute Gasteiger partial charge is 0.480 e. The first-order chi connectivity index (χ1) is 20.5. The second kappa shape index (κ2) is 12.6. The Labute approximate surface area is 265 Å². The molecule has 0 fully saturated rings. The van der Waals surface area contributed by atoms with Crippen molar-refractivity contribution in [3.63, 3.8) is 0 Å². The summed E-state index contributed by atoms with van der Waals surface area (Å²) in [4.78, 5) is 19.7. The first-order valence-electron chi connectivity index (χ1n) is 12.6. The highest BCUT2D eigenvalue weighted by Gasteiger charge is 2.28. The summed E-state index contributed by atoms with van der Waals surface area (Å²) in [5, 5.41) is 12.7. The van der Waals surface area contributed by atoms with Crippen LogP contribution in [0.2, 0.25) is 10.0 Å². The Bertz CT molecular complexity index is 2060. The minimum absolute atomic E-state index is 0.117. The van der Waals surface area contributed by atoms with Crippen LogP contribution in [0.5, 0.6) is 0 Å². The number of nitrogens with two attached hydrogens (primary N) is 1. The monoisotopic (exact) mass is 697 g/mol. The number of fused-ring (bicyclic) bond motifs is 2. The minimum atomic E-state index is -4.27. The van der Waals surface area contributed by atoms with Gasteiger partial charge in [0.25, 0.3) is 10.0 Å². The number of pyridine rings is 2. The van der Waals surface area contributed by atoms with E-state index in [1.165, 1.54) is 29.7 Å². The van der Waals surface area contributed by atoms with Crippen molar-refractivity contribution >= 4 is 88.2 Å². The summed E-state index contributed by atoms with van der Waals surface area (Å²) in [6.45, 7) is -0.786. The summed E-state index contributed by atoms with van der Waals surface area (Å²) >= 11 is 15.3. The first-order valence-corrected chi connectivity index (χ1v) is 15.6. The highest BCUT2D eigenvalue weighted by molar-refractivity contribution is 9.10. The van der Waals surface area contributed by atoms with Gasteiger partial charge in [-0.25, -0.2) is 18.4 Å². The number of halogens is 3. The Morgan fingerprint density at radius 3 is 2.35 bits per heavy atom. The molecule has 0 unspecified atom stereocenters. The SMILES string of the molecule is Brc1nccc2ccccc12.Nc1cccnc1-n1ccc2cc(N(CC(=O)O)S(=O)(=O)c3cc(Cl)cc(Cl)c3)ccc21. The molecule has 0 atom stereocenters. The molecule has 0 saturated heterocycles. The second-order valence-electron chi connectivity index (χ2n) is 9.18. The number of nitrogen functional groups attached to an aromatic ring is 1. The predicted octanol–water partition coefficient (Wildman–Crippen LogP) is 7.19. The van der Waals surface area contributed by atoms with Gasteiger partial charge in [0.1, 0.15) is 11.1 Å². The Hall–Kier alpha value is -4.16. The third-order valence-corrected chi connectivity index (χ3v) is 9.15. The number of aromatic nitrogens is 3. The van der Waals surface area contributed by atoms with E-state index in [4.69, 9.17) is 28.9 Å². The molecule has 3 aromatic carbocycles. The van der Waals surface area contributed by atoms with Gasteiger partial charge in [-0.2, -0.15) is 0 Å². The van der Waals surface area contributed by atoms with Crippen molar-refractivity contribution in [2.45, 2.75) is 4.90 Å². The summed E-state index contributed by atoms with van der Waals surface area (Å²) in [5.74, 6) is -0.792. The van der Waals surface area contributed by atoms with E-state index in [9.17, 15) is 18.3 Å². The molecule has 3 aromatic heterocycles. The normalized spacial score (nSPS) is 11.2. The van der Waals surface area contributed by atoms with Crippen molar-refractivity contribution in [1.29, 1.82) is 0 Å². The smallest absolute Gasteiger partial charge is 0.324 e. The molecule has 0 spiro atoms. The van der Waals surface area contributed by atoms with Crippen molar-refractivity contribution < 1.29 is 18.3 Å². The number of benzene rings is 3. The molecule has 218 valence electrons. The van der Waals surface area contributed by atoms with Crippen molar-refractivity contribution in [2.75, 3.05) is 16.6 Å². The molecular formula is C30H22BrCl2N5O4S. The Balaban J connectivity index is 0.000000279. The molecule has 3 N–H and O–H groups in total. The highest BCUT2D eigenvalue weighted by atomic mass is 79.9. The first kappa shape index (κ1) is 30.3. The summed E-state index contributed by atoms with van der Waals surface area (Å²) in [5.41, 5.74) is 7.39. The van der Waals surface area contributed by atoms with Crippen LogP contribution in [0.4, 0.5) is 11.4 Å². The second-order valence-corrected chi connectivity index (χ2v) is 12.7. The number of carboxylic acids is 1. The van der Waals surface area contributed by atoms with Gasteiger partial charge in [0, 0.05) is 39.4 Å². The van der Waals surface area contributed by atoms with Crippen LogP contribution >= 0.6 is 39.1 Å². The summed E-state index contributed by atoms with van der Waals surface area (Å²) in [6, 6.07) is 24.0. The van der Waals surface area contributed by atoms with E-state index in [0.29, 0.717) is 16.9 Å². The van der Waals surface area contributed by atoms with Crippen LogP contribution in [0.25, 0.3) is 27.5 Å². The van der Waals surface area contributed by atoms with E-state index in [1.807, 2.05) is 24.3 Å². The number of anilines is 2. The number of aliphatic carboxylic acids is 1. The lowest BCUT2D eigenvalue weighted by molar-refractivity contribution is -0.135. The molecule has 13 heteroatoms. The van der Waals surface area contributed by atoms with Gasteiger partial charge < -0.3 is 10.8 Å². The van der Waals surface area contributed by atoms with Crippen LogP contribution in [-0.4, -0.2) is 40.6 Å². The molecule has 43 heavy (non-hydrogen) atoms. The zero-order valence-electron chi connectivity index (χ0n) is 22.1. The lowest BCUT2D eigenvalue weighted by Crippen LogP contribution is -2.35. The maximum atomic E-state index is 13.3. The maximum Gasteiger partial charge on any atom is 0.324 e. The minimum Gasteiger partial charge on any atom is -0.480 e. The van der Waals surface area contributed by atoms with E-state index in [-0.39, 0.29) is 20.6 Å². The fraction of sp³-hybridized carbons (Fsp3) is 0.0333. The molecule has 0 saturated carbocycles. The number of carboxylic acid groups (broad SMARTS) is 1. The van der Waals surface area contributed by atoms with Gasteiger partial charge >= 0.3 is 5.97 Å². The molecule has 3 heterocycles. The average molecular weight is 699 g/mol. The molecule has 6 aromatic rings. The van der Waals surface area contributed by atoms with Gasteiger partial charge in [0.15, 0.2) is 5.82 Å². The molecule has 0 aliphatic rings. The zero-order chi connectivity index (χ0) is 30.7. The third-order valence-electron chi connectivity index (χ3n) is 6.33. The van der Waals surface area contributed by atoms with Crippen LogP contribution in [0.15, 0.2) is 113 Å². The topological polar surface area (TPSA) is 131 Å². The number of rotatable bonds is 6. The van der Waals surface area contributed by atoms with Crippen molar-refractivity contribution in [3.05, 3.63) is 118 Å². The molecule has 6 rings (SSSR count). The molecule has 0 aliphatic carbocycles. The predicted molar refractivity (Wildman–Crippen MR) is 174 cm³/mol.